The van der Waals surface area contributed by atoms with Crippen LogP contribution < -0.4 is 5.32 Å². The minimum absolute atomic E-state index is 0.131. The summed E-state index contributed by atoms with van der Waals surface area (Å²) in [6.45, 7) is 6.27. The lowest BCUT2D eigenvalue weighted by Crippen LogP contribution is -2.38. The number of hydrogen-bond donors (Lipinski definition) is 2. The summed E-state index contributed by atoms with van der Waals surface area (Å²) in [5.74, 6) is -1.07. The van der Waals surface area contributed by atoms with Gasteiger partial charge < -0.3 is 10.4 Å². The van der Waals surface area contributed by atoms with Crippen LogP contribution >= 0.6 is 0 Å². The molecule has 0 aliphatic heterocycles. The van der Waals surface area contributed by atoms with Crippen molar-refractivity contribution in [1.29, 1.82) is 0 Å². The van der Waals surface area contributed by atoms with Gasteiger partial charge in [-0.2, -0.15) is 0 Å². The molecule has 1 amide bonds. The Morgan fingerprint density at radius 3 is 2.67 bits per heavy atom. The summed E-state index contributed by atoms with van der Waals surface area (Å²) in [6.07, 6.45) is 2.46. The summed E-state index contributed by atoms with van der Waals surface area (Å²) < 4.78 is 1.58. The number of carboxylic acid groups (broad SMARTS) is 1. The van der Waals surface area contributed by atoms with Crippen molar-refractivity contribution in [3.8, 4) is 0 Å². The van der Waals surface area contributed by atoms with Crippen LogP contribution in [0.15, 0.2) is 6.20 Å². The summed E-state index contributed by atoms with van der Waals surface area (Å²) in [7, 11) is 0. The van der Waals surface area contributed by atoms with Gasteiger partial charge in [0.1, 0.15) is 6.04 Å². The van der Waals surface area contributed by atoms with Gasteiger partial charge in [0.05, 0.1) is 6.20 Å². The summed E-state index contributed by atoms with van der Waals surface area (Å²) in [4.78, 5) is 22.2. The van der Waals surface area contributed by atoms with Crippen LogP contribution in [0.5, 0.6) is 0 Å². The maximum absolute atomic E-state index is 11.6. The molecule has 0 saturated carbocycles. The smallest absolute Gasteiger partial charge is 0.325 e. The van der Waals surface area contributed by atoms with Crippen molar-refractivity contribution in [2.24, 2.45) is 5.92 Å². The molecule has 1 atom stereocenters. The molecule has 18 heavy (non-hydrogen) atoms. The number of carbonyl (C=O) groups excluding carboxylic acids is 1. The van der Waals surface area contributed by atoms with Crippen molar-refractivity contribution in [2.75, 3.05) is 0 Å². The Kier molecular flexibility index (Phi) is 4.82. The van der Waals surface area contributed by atoms with Crippen molar-refractivity contribution in [2.45, 2.75) is 39.8 Å². The number of nitrogens with one attached hydrogen (secondary N) is 1. The topological polar surface area (TPSA) is 97.1 Å². The summed E-state index contributed by atoms with van der Waals surface area (Å²) in [6, 6.07) is -0.946. The number of amides is 1. The third-order valence-corrected chi connectivity index (χ3v) is 2.42. The zero-order valence-electron chi connectivity index (χ0n) is 10.8. The molecule has 0 radical (unpaired) electrons. The van der Waals surface area contributed by atoms with E-state index in [-0.39, 0.29) is 5.69 Å². The number of carbonyl (C=O) groups is 2. The standard InChI is InChI=1S/C11H18N4O3/c1-7(2)4-5-15-6-9(13-14-15)10(16)12-8(3)11(17)18/h6-8H,4-5H2,1-3H3,(H,12,16)(H,17,18)/t8-/m1/s1. The highest BCUT2D eigenvalue weighted by atomic mass is 16.4. The second-order valence-electron chi connectivity index (χ2n) is 4.58. The van der Waals surface area contributed by atoms with Crippen LogP contribution in [0.2, 0.25) is 0 Å². The van der Waals surface area contributed by atoms with Gasteiger partial charge in [-0.3, -0.25) is 14.3 Å². The molecule has 0 unspecified atom stereocenters. The number of rotatable bonds is 6. The molecule has 0 saturated heterocycles. The Morgan fingerprint density at radius 2 is 2.11 bits per heavy atom. The van der Waals surface area contributed by atoms with Gasteiger partial charge in [0.25, 0.3) is 5.91 Å². The molecular formula is C11H18N4O3. The Hall–Kier alpha value is -1.92. The molecule has 100 valence electrons. The van der Waals surface area contributed by atoms with Crippen molar-refractivity contribution in [3.05, 3.63) is 11.9 Å². The largest absolute Gasteiger partial charge is 0.480 e. The van der Waals surface area contributed by atoms with E-state index < -0.39 is 17.9 Å². The van der Waals surface area contributed by atoms with Crippen LogP contribution in [0.25, 0.3) is 0 Å². The number of hydrogen-bond acceptors (Lipinski definition) is 4. The van der Waals surface area contributed by atoms with Crippen molar-refractivity contribution in [1.82, 2.24) is 20.3 Å². The van der Waals surface area contributed by atoms with Gasteiger partial charge in [-0.25, -0.2) is 0 Å². The molecule has 1 rings (SSSR count). The molecule has 2 N–H and O–H groups in total. The predicted octanol–water partition coefficient (Wildman–Crippen LogP) is 0.527. The molecule has 0 fully saturated rings. The van der Waals surface area contributed by atoms with E-state index in [1.807, 2.05) is 0 Å². The van der Waals surface area contributed by atoms with Crippen LogP contribution in [0, 0.1) is 5.92 Å². The molecule has 1 aromatic rings. The second kappa shape index (κ2) is 6.13. The number of carboxylic acids is 1. The molecule has 0 aliphatic carbocycles. The molecule has 0 bridgehead atoms. The lowest BCUT2D eigenvalue weighted by molar-refractivity contribution is -0.138. The number of nitrogens with zero attached hydrogens (tertiary/aromatic N) is 3. The first-order valence-corrected chi connectivity index (χ1v) is 5.84. The van der Waals surface area contributed by atoms with E-state index >= 15 is 0 Å². The fourth-order valence-electron chi connectivity index (χ4n) is 1.23. The number of aryl methyl sites for hydroxylation is 1. The second-order valence-corrected chi connectivity index (χ2v) is 4.58. The molecule has 1 aromatic heterocycles. The quantitative estimate of drug-likeness (QED) is 0.771. The van der Waals surface area contributed by atoms with Crippen LogP contribution in [0.1, 0.15) is 37.7 Å². The van der Waals surface area contributed by atoms with Crippen LogP contribution in [0.3, 0.4) is 0 Å². The van der Waals surface area contributed by atoms with Gasteiger partial charge in [-0.05, 0) is 19.3 Å². The van der Waals surface area contributed by atoms with E-state index in [4.69, 9.17) is 5.11 Å². The first kappa shape index (κ1) is 14.1. The van der Waals surface area contributed by atoms with E-state index in [9.17, 15) is 9.59 Å². The maximum Gasteiger partial charge on any atom is 0.325 e. The van der Waals surface area contributed by atoms with E-state index in [1.54, 1.807) is 4.68 Å². The summed E-state index contributed by atoms with van der Waals surface area (Å²) in [5, 5.41) is 18.5. The first-order valence-electron chi connectivity index (χ1n) is 5.84. The summed E-state index contributed by atoms with van der Waals surface area (Å²) >= 11 is 0. The monoisotopic (exact) mass is 254 g/mol. The normalized spacial score (nSPS) is 12.4. The van der Waals surface area contributed by atoms with Crippen molar-refractivity contribution in [3.63, 3.8) is 0 Å². The van der Waals surface area contributed by atoms with Gasteiger partial charge in [0.2, 0.25) is 0 Å². The third kappa shape index (κ3) is 4.15. The fourth-order valence-corrected chi connectivity index (χ4v) is 1.23. The predicted molar refractivity (Wildman–Crippen MR) is 64.0 cm³/mol. The molecule has 1 heterocycles. The maximum atomic E-state index is 11.6. The Balaban J connectivity index is 2.57. The number of aromatic nitrogens is 3. The molecule has 0 spiro atoms. The van der Waals surface area contributed by atoms with Crippen LogP contribution in [-0.4, -0.2) is 38.0 Å². The zero-order valence-corrected chi connectivity index (χ0v) is 10.8. The molecule has 0 aliphatic rings. The zero-order chi connectivity index (χ0) is 13.7. The molecule has 7 heteroatoms. The van der Waals surface area contributed by atoms with Crippen LogP contribution in [0.4, 0.5) is 0 Å². The lowest BCUT2D eigenvalue weighted by Gasteiger charge is -2.06. The number of aliphatic carboxylic acids is 1. The van der Waals surface area contributed by atoms with E-state index in [0.717, 1.165) is 6.42 Å². The molecule has 7 nitrogen and oxygen atoms in total. The molecule has 0 aromatic carbocycles. The minimum Gasteiger partial charge on any atom is -0.480 e. The van der Waals surface area contributed by atoms with Gasteiger partial charge in [0, 0.05) is 6.54 Å². The van der Waals surface area contributed by atoms with Crippen molar-refractivity contribution < 1.29 is 14.7 Å². The van der Waals surface area contributed by atoms with Gasteiger partial charge >= 0.3 is 5.97 Å². The first-order chi connectivity index (χ1) is 8.40. The van der Waals surface area contributed by atoms with Crippen LogP contribution in [-0.2, 0) is 11.3 Å². The Labute approximate surface area is 105 Å². The Morgan fingerprint density at radius 1 is 1.44 bits per heavy atom. The van der Waals surface area contributed by atoms with E-state index in [1.165, 1.54) is 13.1 Å². The minimum atomic E-state index is -1.09. The average molecular weight is 254 g/mol. The van der Waals surface area contributed by atoms with E-state index in [2.05, 4.69) is 29.5 Å². The third-order valence-electron chi connectivity index (χ3n) is 2.42. The summed E-state index contributed by atoms with van der Waals surface area (Å²) in [5.41, 5.74) is 0.131. The fraction of sp³-hybridized carbons (Fsp3) is 0.636. The van der Waals surface area contributed by atoms with E-state index in [0.29, 0.717) is 12.5 Å². The lowest BCUT2D eigenvalue weighted by atomic mass is 10.1. The highest BCUT2D eigenvalue weighted by Gasteiger charge is 2.17. The highest BCUT2D eigenvalue weighted by molar-refractivity contribution is 5.94. The van der Waals surface area contributed by atoms with Gasteiger partial charge in [-0.1, -0.05) is 19.1 Å². The van der Waals surface area contributed by atoms with Gasteiger partial charge in [0.15, 0.2) is 5.69 Å². The van der Waals surface area contributed by atoms with Crippen molar-refractivity contribution >= 4 is 11.9 Å². The highest BCUT2D eigenvalue weighted by Crippen LogP contribution is 2.02. The SMILES string of the molecule is CC(C)CCn1cc(C(=O)N[C@H](C)C(=O)O)nn1. The molecular weight excluding hydrogens is 236 g/mol. The Bertz CT molecular complexity index is 428. The van der Waals surface area contributed by atoms with Gasteiger partial charge in [-0.15, -0.1) is 5.10 Å². The average Bonchev–Trinajstić information content (AvgIpc) is 2.74.